The van der Waals surface area contributed by atoms with Crippen LogP contribution in [0.2, 0.25) is 0 Å². The Kier molecular flexibility index (Phi) is 4.04. The van der Waals surface area contributed by atoms with Crippen LogP contribution in [-0.2, 0) is 10.7 Å². The molecule has 0 radical (unpaired) electrons. The number of hydrogen-bond donors (Lipinski definition) is 1. The SMILES string of the molecule is CC(=O)/C(=C(\C)c1cn[nH]c1C(C)(F)F)C(C)C. The van der Waals surface area contributed by atoms with Crippen LogP contribution in [0.3, 0.4) is 0 Å². The zero-order chi connectivity index (χ0) is 14.1. The molecule has 0 amide bonds. The molecule has 1 rings (SSSR count). The summed E-state index contributed by atoms with van der Waals surface area (Å²) in [5.41, 5.74) is 1.17. The zero-order valence-electron chi connectivity index (χ0n) is 11.3. The Hall–Kier alpha value is -1.52. The highest BCUT2D eigenvalue weighted by Crippen LogP contribution is 2.33. The van der Waals surface area contributed by atoms with Crippen LogP contribution < -0.4 is 0 Å². The van der Waals surface area contributed by atoms with E-state index < -0.39 is 5.92 Å². The minimum atomic E-state index is -3.01. The lowest BCUT2D eigenvalue weighted by Crippen LogP contribution is -2.12. The largest absolute Gasteiger partial charge is 0.295 e. The van der Waals surface area contributed by atoms with Gasteiger partial charge >= 0.3 is 0 Å². The van der Waals surface area contributed by atoms with E-state index in [4.69, 9.17) is 0 Å². The summed E-state index contributed by atoms with van der Waals surface area (Å²) in [6.45, 7) is 7.66. The lowest BCUT2D eigenvalue weighted by atomic mass is 9.90. The summed E-state index contributed by atoms with van der Waals surface area (Å²) in [5, 5.41) is 5.97. The maximum Gasteiger partial charge on any atom is 0.287 e. The number of carbonyl (C=O) groups is 1. The van der Waals surface area contributed by atoms with Crippen LogP contribution in [0.5, 0.6) is 0 Å². The first kappa shape index (κ1) is 14.5. The molecule has 1 heterocycles. The lowest BCUT2D eigenvalue weighted by molar-refractivity contribution is -0.114. The minimum absolute atomic E-state index is 0.0178. The Labute approximate surface area is 105 Å². The summed E-state index contributed by atoms with van der Waals surface area (Å²) in [7, 11) is 0. The number of H-pyrrole nitrogens is 1. The number of carbonyl (C=O) groups excluding carboxylic acids is 1. The van der Waals surface area contributed by atoms with Crippen molar-refractivity contribution in [2.75, 3.05) is 0 Å². The standard InChI is InChI=1S/C13H18F2N2O/c1-7(2)11(9(4)18)8(3)10-6-16-17-12(10)13(5,14)15/h6-7H,1-5H3,(H,16,17)/b11-8+. The van der Waals surface area contributed by atoms with E-state index in [1.165, 1.54) is 13.1 Å². The molecule has 18 heavy (non-hydrogen) atoms. The molecule has 0 aliphatic heterocycles. The van der Waals surface area contributed by atoms with Crippen molar-refractivity contribution in [2.24, 2.45) is 5.92 Å². The molecule has 3 nitrogen and oxygen atoms in total. The Morgan fingerprint density at radius 1 is 1.39 bits per heavy atom. The number of Topliss-reactive ketones (excluding diaryl/α,β-unsaturated/α-hetero) is 1. The van der Waals surface area contributed by atoms with Gasteiger partial charge in [-0.3, -0.25) is 9.89 Å². The maximum atomic E-state index is 13.4. The fourth-order valence-electron chi connectivity index (χ4n) is 2.15. The first-order valence-corrected chi connectivity index (χ1v) is 5.80. The normalized spacial score (nSPS) is 13.8. The van der Waals surface area contributed by atoms with Crippen molar-refractivity contribution in [1.82, 2.24) is 10.2 Å². The number of nitrogens with zero attached hydrogens (tertiary/aromatic N) is 1. The van der Waals surface area contributed by atoms with E-state index in [1.54, 1.807) is 6.92 Å². The number of alkyl halides is 2. The number of aromatic amines is 1. The second-order valence-corrected chi connectivity index (χ2v) is 4.80. The molecule has 0 aromatic carbocycles. The average Bonchev–Trinajstić information content (AvgIpc) is 2.63. The average molecular weight is 256 g/mol. The molecule has 0 fully saturated rings. The third-order valence-electron chi connectivity index (χ3n) is 2.84. The van der Waals surface area contributed by atoms with Gasteiger partial charge in [-0.15, -0.1) is 0 Å². The lowest BCUT2D eigenvalue weighted by Gasteiger charge is -2.15. The van der Waals surface area contributed by atoms with Gasteiger partial charge in [0.25, 0.3) is 5.92 Å². The van der Waals surface area contributed by atoms with Crippen LogP contribution in [0.25, 0.3) is 5.57 Å². The second-order valence-electron chi connectivity index (χ2n) is 4.80. The Morgan fingerprint density at radius 3 is 2.33 bits per heavy atom. The number of aromatic nitrogens is 2. The van der Waals surface area contributed by atoms with E-state index in [2.05, 4.69) is 10.2 Å². The van der Waals surface area contributed by atoms with Crippen LogP contribution in [0.4, 0.5) is 8.78 Å². The summed E-state index contributed by atoms with van der Waals surface area (Å²) >= 11 is 0. The topological polar surface area (TPSA) is 45.8 Å². The molecule has 0 saturated carbocycles. The van der Waals surface area contributed by atoms with E-state index >= 15 is 0 Å². The first-order chi connectivity index (χ1) is 8.16. The third kappa shape index (κ3) is 2.83. The van der Waals surface area contributed by atoms with Crippen molar-refractivity contribution in [3.63, 3.8) is 0 Å². The fourth-order valence-corrected chi connectivity index (χ4v) is 2.15. The highest BCUT2D eigenvalue weighted by atomic mass is 19.3. The first-order valence-electron chi connectivity index (χ1n) is 5.80. The molecular weight excluding hydrogens is 238 g/mol. The van der Waals surface area contributed by atoms with Gasteiger partial charge in [-0.2, -0.15) is 13.9 Å². The Morgan fingerprint density at radius 2 is 1.94 bits per heavy atom. The van der Waals surface area contributed by atoms with Crippen molar-refractivity contribution < 1.29 is 13.6 Å². The number of hydrogen-bond acceptors (Lipinski definition) is 2. The molecule has 0 saturated heterocycles. The molecular formula is C13H18F2N2O. The summed E-state index contributed by atoms with van der Waals surface area (Å²) in [6.07, 6.45) is 1.34. The van der Waals surface area contributed by atoms with E-state index in [0.717, 1.165) is 6.92 Å². The van der Waals surface area contributed by atoms with Crippen molar-refractivity contribution in [3.8, 4) is 0 Å². The van der Waals surface area contributed by atoms with Gasteiger partial charge in [0, 0.05) is 18.1 Å². The summed E-state index contributed by atoms with van der Waals surface area (Å²) in [5.74, 6) is -3.13. The van der Waals surface area contributed by atoms with Gasteiger partial charge < -0.3 is 0 Å². The molecule has 1 aromatic rings. The predicted octanol–water partition coefficient (Wildman–Crippen LogP) is 3.54. The van der Waals surface area contributed by atoms with E-state index in [9.17, 15) is 13.6 Å². The number of nitrogens with one attached hydrogen (secondary N) is 1. The van der Waals surface area contributed by atoms with Gasteiger partial charge in [-0.05, 0) is 25.3 Å². The van der Waals surface area contributed by atoms with Crippen LogP contribution in [0.15, 0.2) is 11.8 Å². The molecule has 0 spiro atoms. The smallest absolute Gasteiger partial charge is 0.287 e. The van der Waals surface area contributed by atoms with Crippen molar-refractivity contribution in [1.29, 1.82) is 0 Å². The van der Waals surface area contributed by atoms with Crippen LogP contribution in [0, 0.1) is 5.92 Å². The summed E-state index contributed by atoms with van der Waals surface area (Å²) in [6, 6.07) is 0. The number of allylic oxidation sites excluding steroid dienone is 2. The Bertz CT molecular complexity index is 481. The molecule has 5 heteroatoms. The number of rotatable bonds is 4. The van der Waals surface area contributed by atoms with Gasteiger partial charge in [-0.25, -0.2) is 0 Å². The van der Waals surface area contributed by atoms with E-state index in [1.807, 2.05) is 13.8 Å². The fraction of sp³-hybridized carbons (Fsp3) is 0.538. The molecule has 1 N–H and O–H groups in total. The van der Waals surface area contributed by atoms with Gasteiger partial charge in [0.15, 0.2) is 5.78 Å². The quantitative estimate of drug-likeness (QED) is 0.837. The van der Waals surface area contributed by atoms with Gasteiger partial charge in [-0.1, -0.05) is 13.8 Å². The highest BCUT2D eigenvalue weighted by molar-refractivity contribution is 6.01. The molecule has 0 unspecified atom stereocenters. The minimum Gasteiger partial charge on any atom is -0.295 e. The van der Waals surface area contributed by atoms with Crippen LogP contribution in [0.1, 0.15) is 45.9 Å². The van der Waals surface area contributed by atoms with E-state index in [-0.39, 0.29) is 17.4 Å². The maximum absolute atomic E-state index is 13.4. The predicted molar refractivity (Wildman–Crippen MR) is 66.3 cm³/mol. The molecule has 1 aromatic heterocycles. The number of ketones is 1. The van der Waals surface area contributed by atoms with Gasteiger partial charge in [0.1, 0.15) is 5.69 Å². The second kappa shape index (κ2) is 5.00. The Balaban J connectivity index is 3.42. The number of halogens is 2. The molecule has 100 valence electrons. The van der Waals surface area contributed by atoms with Crippen molar-refractivity contribution in [3.05, 3.63) is 23.0 Å². The third-order valence-corrected chi connectivity index (χ3v) is 2.84. The van der Waals surface area contributed by atoms with E-state index in [0.29, 0.717) is 16.7 Å². The van der Waals surface area contributed by atoms with Crippen molar-refractivity contribution >= 4 is 11.4 Å². The van der Waals surface area contributed by atoms with Crippen LogP contribution in [-0.4, -0.2) is 16.0 Å². The van der Waals surface area contributed by atoms with Crippen molar-refractivity contribution in [2.45, 2.75) is 40.5 Å². The molecule has 0 aliphatic carbocycles. The molecule has 0 atom stereocenters. The van der Waals surface area contributed by atoms with Crippen LogP contribution >= 0.6 is 0 Å². The zero-order valence-corrected chi connectivity index (χ0v) is 11.3. The van der Waals surface area contributed by atoms with Gasteiger partial charge in [0.2, 0.25) is 0 Å². The van der Waals surface area contributed by atoms with Gasteiger partial charge in [0.05, 0.1) is 6.20 Å². The monoisotopic (exact) mass is 256 g/mol. The highest BCUT2D eigenvalue weighted by Gasteiger charge is 2.31. The summed E-state index contributed by atoms with van der Waals surface area (Å²) in [4.78, 5) is 11.6. The molecule has 0 aliphatic rings. The molecule has 0 bridgehead atoms. The summed E-state index contributed by atoms with van der Waals surface area (Å²) < 4.78 is 26.8.